The number of fused-ring (bicyclic) bond motifs is 2. The van der Waals surface area contributed by atoms with Gasteiger partial charge in [0.2, 0.25) is 5.91 Å². The summed E-state index contributed by atoms with van der Waals surface area (Å²) in [7, 11) is 1.61. The SMILES string of the molecule is CCOC(=O)c1c(-c2ccc(OC)cc2)c2cc(NC(C)=O)ccc2n1Cc1ccc2nsnc2c1. The number of carbonyl (C=O) groups is 2. The van der Waals surface area contributed by atoms with E-state index >= 15 is 0 Å². The Labute approximate surface area is 211 Å². The van der Waals surface area contributed by atoms with Crippen molar-refractivity contribution in [1.82, 2.24) is 13.3 Å². The van der Waals surface area contributed by atoms with Crippen molar-refractivity contribution in [1.29, 1.82) is 0 Å². The molecule has 0 aliphatic carbocycles. The maximum absolute atomic E-state index is 13.4. The molecule has 2 aromatic heterocycles. The largest absolute Gasteiger partial charge is 0.497 e. The highest BCUT2D eigenvalue weighted by Crippen LogP contribution is 2.38. The van der Waals surface area contributed by atoms with Gasteiger partial charge in [-0.05, 0) is 60.5 Å². The predicted molar refractivity (Wildman–Crippen MR) is 141 cm³/mol. The minimum atomic E-state index is -0.419. The topological polar surface area (TPSA) is 95.3 Å². The quantitative estimate of drug-likeness (QED) is 0.296. The van der Waals surface area contributed by atoms with Gasteiger partial charge >= 0.3 is 5.97 Å². The number of amides is 1. The van der Waals surface area contributed by atoms with Crippen LogP contribution in [0.1, 0.15) is 29.9 Å². The minimum Gasteiger partial charge on any atom is -0.497 e. The highest BCUT2D eigenvalue weighted by Gasteiger charge is 2.26. The number of ether oxygens (including phenoxy) is 2. The lowest BCUT2D eigenvalue weighted by atomic mass is 10.0. The fraction of sp³-hybridized carbons (Fsp3) is 0.185. The Morgan fingerprint density at radius 1 is 1.00 bits per heavy atom. The molecule has 5 rings (SSSR count). The van der Waals surface area contributed by atoms with Crippen LogP contribution >= 0.6 is 11.7 Å². The Morgan fingerprint density at radius 2 is 1.78 bits per heavy atom. The van der Waals surface area contributed by atoms with E-state index in [0.29, 0.717) is 23.7 Å². The van der Waals surface area contributed by atoms with E-state index in [9.17, 15) is 9.59 Å². The molecule has 182 valence electrons. The molecule has 0 radical (unpaired) electrons. The second-order valence-corrected chi connectivity index (χ2v) is 8.79. The van der Waals surface area contributed by atoms with E-state index in [2.05, 4.69) is 14.1 Å². The van der Waals surface area contributed by atoms with Crippen LogP contribution in [0.2, 0.25) is 0 Å². The average Bonchev–Trinajstić information content (AvgIpc) is 3.46. The molecular weight excluding hydrogens is 476 g/mol. The molecule has 0 unspecified atom stereocenters. The van der Waals surface area contributed by atoms with Crippen LogP contribution in [0, 0.1) is 0 Å². The fourth-order valence-corrected chi connectivity index (χ4v) is 4.89. The van der Waals surface area contributed by atoms with E-state index in [1.54, 1.807) is 14.0 Å². The van der Waals surface area contributed by atoms with Crippen LogP contribution in [0.25, 0.3) is 33.1 Å². The Kier molecular flexibility index (Phi) is 6.39. The number of benzene rings is 3. The van der Waals surface area contributed by atoms with Crippen molar-refractivity contribution in [2.45, 2.75) is 20.4 Å². The molecular formula is C27H24N4O4S. The number of carbonyl (C=O) groups excluding carboxylic acids is 2. The van der Waals surface area contributed by atoms with Crippen LogP contribution in [0.15, 0.2) is 60.7 Å². The second kappa shape index (κ2) is 9.79. The standard InChI is InChI=1S/C27H24N4O4S/c1-4-35-27(33)26-25(18-6-9-20(34-3)10-7-18)21-14-19(28-16(2)32)8-12-24(21)31(26)15-17-5-11-22-23(13-17)30-36-29-22/h5-14H,4,15H2,1-3H3,(H,28,32). The monoisotopic (exact) mass is 500 g/mol. The van der Waals surface area contributed by atoms with Crippen molar-refractivity contribution in [3.8, 4) is 16.9 Å². The summed E-state index contributed by atoms with van der Waals surface area (Å²) in [5.41, 5.74) is 6.12. The van der Waals surface area contributed by atoms with Gasteiger partial charge < -0.3 is 19.4 Å². The van der Waals surface area contributed by atoms with Gasteiger partial charge in [0.05, 0.1) is 25.4 Å². The number of hydrogen-bond acceptors (Lipinski definition) is 7. The third-order valence-corrected chi connectivity index (χ3v) is 6.45. The molecule has 0 saturated heterocycles. The zero-order chi connectivity index (χ0) is 25.2. The summed E-state index contributed by atoms with van der Waals surface area (Å²) in [6, 6.07) is 19.1. The maximum atomic E-state index is 13.4. The predicted octanol–water partition coefficient (Wildman–Crippen LogP) is 5.51. The van der Waals surface area contributed by atoms with E-state index in [4.69, 9.17) is 9.47 Å². The molecule has 9 heteroatoms. The first-order valence-corrected chi connectivity index (χ1v) is 12.2. The van der Waals surface area contributed by atoms with E-state index in [1.807, 2.05) is 65.2 Å². The molecule has 0 spiro atoms. The summed E-state index contributed by atoms with van der Waals surface area (Å²) in [5.74, 6) is 0.122. The molecule has 0 atom stereocenters. The Morgan fingerprint density at radius 3 is 2.50 bits per heavy atom. The first-order chi connectivity index (χ1) is 17.5. The number of nitrogens with zero attached hydrogens (tertiary/aromatic N) is 3. The number of methoxy groups -OCH3 is 1. The lowest BCUT2D eigenvalue weighted by molar-refractivity contribution is -0.114. The lowest BCUT2D eigenvalue weighted by Crippen LogP contribution is -2.14. The van der Waals surface area contributed by atoms with Crippen LogP contribution in [-0.4, -0.2) is 38.9 Å². The van der Waals surface area contributed by atoms with Crippen molar-refractivity contribution < 1.29 is 19.1 Å². The third kappa shape index (κ3) is 4.40. The van der Waals surface area contributed by atoms with Gasteiger partial charge in [0.15, 0.2) is 0 Å². The molecule has 0 aliphatic rings. The molecule has 2 heterocycles. The molecule has 0 bridgehead atoms. The van der Waals surface area contributed by atoms with Gasteiger partial charge in [-0.1, -0.05) is 18.2 Å². The Bertz CT molecular complexity index is 1590. The molecule has 1 N–H and O–H groups in total. The van der Waals surface area contributed by atoms with E-state index < -0.39 is 5.97 Å². The van der Waals surface area contributed by atoms with Crippen molar-refractivity contribution >= 4 is 51.2 Å². The Hall–Kier alpha value is -4.24. The van der Waals surface area contributed by atoms with Crippen LogP contribution in [0.3, 0.4) is 0 Å². The van der Waals surface area contributed by atoms with Crippen molar-refractivity contribution in [2.24, 2.45) is 0 Å². The molecule has 0 saturated carbocycles. The van der Waals surface area contributed by atoms with E-state index in [0.717, 1.165) is 38.6 Å². The number of nitrogens with one attached hydrogen (secondary N) is 1. The number of hydrogen-bond donors (Lipinski definition) is 1. The molecule has 1 amide bonds. The first kappa shape index (κ1) is 23.5. The summed E-state index contributed by atoms with van der Waals surface area (Å²) in [4.78, 5) is 25.2. The average molecular weight is 501 g/mol. The molecule has 3 aromatic carbocycles. The lowest BCUT2D eigenvalue weighted by Gasteiger charge is -2.12. The van der Waals surface area contributed by atoms with Crippen molar-refractivity contribution in [2.75, 3.05) is 19.0 Å². The second-order valence-electron chi connectivity index (χ2n) is 8.26. The number of aromatic nitrogens is 3. The Balaban J connectivity index is 1.76. The molecule has 36 heavy (non-hydrogen) atoms. The van der Waals surface area contributed by atoms with Gasteiger partial charge in [-0.3, -0.25) is 4.79 Å². The summed E-state index contributed by atoms with van der Waals surface area (Å²) in [6.45, 7) is 3.92. The van der Waals surface area contributed by atoms with Crippen molar-refractivity contribution in [3.63, 3.8) is 0 Å². The molecule has 0 aliphatic heterocycles. The summed E-state index contributed by atoms with van der Waals surface area (Å²) in [6.07, 6.45) is 0. The van der Waals surface area contributed by atoms with E-state index in [1.165, 1.54) is 18.7 Å². The minimum absolute atomic E-state index is 0.171. The molecule has 8 nitrogen and oxygen atoms in total. The highest BCUT2D eigenvalue weighted by molar-refractivity contribution is 7.00. The number of anilines is 1. The highest BCUT2D eigenvalue weighted by atomic mass is 32.1. The van der Waals surface area contributed by atoms with E-state index in [-0.39, 0.29) is 12.5 Å². The number of esters is 1. The van der Waals surface area contributed by atoms with Gasteiger partial charge in [0.25, 0.3) is 0 Å². The van der Waals surface area contributed by atoms with Gasteiger partial charge in [0.1, 0.15) is 22.5 Å². The molecule has 0 fully saturated rings. The van der Waals surface area contributed by atoms with Crippen molar-refractivity contribution in [3.05, 3.63) is 71.9 Å². The zero-order valence-corrected chi connectivity index (χ0v) is 20.9. The normalized spacial score (nSPS) is 11.1. The smallest absolute Gasteiger partial charge is 0.355 e. The third-order valence-electron chi connectivity index (χ3n) is 5.89. The number of rotatable bonds is 7. The molecule has 5 aromatic rings. The van der Waals surface area contributed by atoms with Gasteiger partial charge in [-0.25, -0.2) is 4.79 Å². The fourth-order valence-electron chi connectivity index (χ4n) is 4.37. The van der Waals surface area contributed by atoms with Crippen LogP contribution in [0.4, 0.5) is 5.69 Å². The maximum Gasteiger partial charge on any atom is 0.355 e. The van der Waals surface area contributed by atoms with Crippen LogP contribution in [0.5, 0.6) is 5.75 Å². The summed E-state index contributed by atoms with van der Waals surface area (Å²) < 4.78 is 21.5. The summed E-state index contributed by atoms with van der Waals surface area (Å²) in [5, 5.41) is 3.67. The first-order valence-electron chi connectivity index (χ1n) is 11.4. The van der Waals surface area contributed by atoms with Gasteiger partial charge in [-0.15, -0.1) is 0 Å². The summed E-state index contributed by atoms with van der Waals surface area (Å²) >= 11 is 1.17. The van der Waals surface area contributed by atoms with Gasteiger partial charge in [0, 0.05) is 35.6 Å². The zero-order valence-electron chi connectivity index (χ0n) is 20.1. The van der Waals surface area contributed by atoms with Crippen LogP contribution < -0.4 is 10.1 Å². The van der Waals surface area contributed by atoms with Gasteiger partial charge in [-0.2, -0.15) is 8.75 Å². The van der Waals surface area contributed by atoms with Crippen LogP contribution in [-0.2, 0) is 16.1 Å².